The Balaban J connectivity index is 1.63. The van der Waals surface area contributed by atoms with Gasteiger partial charge in [0.2, 0.25) is 5.91 Å². The van der Waals surface area contributed by atoms with Gasteiger partial charge in [0.1, 0.15) is 23.1 Å². The molecule has 0 radical (unpaired) electrons. The Hall–Kier alpha value is -3.48. The number of benzene rings is 2. The van der Waals surface area contributed by atoms with Crippen molar-refractivity contribution in [2.45, 2.75) is 30.3 Å². The molecule has 1 fully saturated rings. The van der Waals surface area contributed by atoms with Crippen molar-refractivity contribution >= 4 is 33.4 Å². The van der Waals surface area contributed by atoms with Crippen LogP contribution in [0.25, 0.3) is 0 Å². The number of nitrogens with zero attached hydrogens (tertiary/aromatic N) is 1. The number of amides is 2. The van der Waals surface area contributed by atoms with Gasteiger partial charge in [0.15, 0.2) is 0 Å². The van der Waals surface area contributed by atoms with E-state index < -0.39 is 51.7 Å². The number of alkyl halides is 2. The summed E-state index contributed by atoms with van der Waals surface area (Å²) in [7, 11) is -4.26. The first-order valence-corrected chi connectivity index (χ1v) is 11.5. The maximum atomic E-state index is 13.5. The van der Waals surface area contributed by atoms with Crippen molar-refractivity contribution in [1.82, 2.24) is 5.32 Å². The van der Waals surface area contributed by atoms with E-state index in [1.165, 1.54) is 18.2 Å². The van der Waals surface area contributed by atoms with Crippen molar-refractivity contribution in [3.05, 3.63) is 48.3 Å². The van der Waals surface area contributed by atoms with Crippen molar-refractivity contribution in [1.29, 1.82) is 0 Å². The topological polar surface area (TPSA) is 125 Å². The molecule has 1 aliphatic carbocycles. The molecule has 4 rings (SSSR count). The monoisotopic (exact) mass is 499 g/mol. The van der Waals surface area contributed by atoms with Crippen molar-refractivity contribution in [2.75, 3.05) is 22.7 Å². The molecule has 0 spiro atoms. The molecule has 13 heteroatoms. The minimum Gasteiger partial charge on any atom is -0.484 e. The average molecular weight is 499 g/mol. The number of anilines is 2. The zero-order chi connectivity index (χ0) is 24.9. The highest BCUT2D eigenvalue weighted by atomic mass is 32.2. The van der Waals surface area contributed by atoms with Crippen molar-refractivity contribution in [3.63, 3.8) is 0 Å². The number of hydrogen-bond acceptors (Lipinski definition) is 5. The van der Waals surface area contributed by atoms with Gasteiger partial charge in [0.05, 0.1) is 23.7 Å². The van der Waals surface area contributed by atoms with Gasteiger partial charge in [-0.1, -0.05) is 0 Å². The molecular weight excluding hydrogens is 479 g/mol. The predicted molar refractivity (Wildman–Crippen MR) is 114 cm³/mol. The standard InChI is InChI=1S/C21H20F3N3O6S/c1-20(11-21(20,23)24)18(28)25-9-14-10-27(34(31,32)15-5-2-12(22)3-6-15)16-8-13(26-19(29)30)4-7-17(16)33-14/h2-8,14,26H,9-11H2,1H3,(H,25,28)(H,29,30)/t14-,20?/m0/s1. The Kier molecular flexibility index (Phi) is 5.62. The molecule has 9 nitrogen and oxygen atoms in total. The van der Waals surface area contributed by atoms with Crippen LogP contribution in [0.2, 0.25) is 0 Å². The summed E-state index contributed by atoms with van der Waals surface area (Å²) in [5.74, 6) is -4.56. The van der Waals surface area contributed by atoms with Crippen LogP contribution in [-0.4, -0.2) is 50.6 Å². The van der Waals surface area contributed by atoms with Crippen LogP contribution in [0.3, 0.4) is 0 Å². The fourth-order valence-corrected chi connectivity index (χ4v) is 5.13. The van der Waals surface area contributed by atoms with E-state index >= 15 is 0 Å². The highest BCUT2D eigenvalue weighted by Gasteiger charge is 2.72. The third kappa shape index (κ3) is 4.22. The van der Waals surface area contributed by atoms with Gasteiger partial charge in [-0.3, -0.25) is 14.4 Å². The Labute approximate surface area is 192 Å². The lowest BCUT2D eigenvalue weighted by molar-refractivity contribution is -0.129. The second-order valence-corrected chi connectivity index (χ2v) is 10.1. The van der Waals surface area contributed by atoms with E-state index in [1.807, 2.05) is 0 Å². The van der Waals surface area contributed by atoms with Gasteiger partial charge in [-0.05, 0) is 49.4 Å². The molecule has 3 N–H and O–H groups in total. The minimum absolute atomic E-state index is 0.0128. The molecule has 2 aromatic carbocycles. The van der Waals surface area contributed by atoms with Gasteiger partial charge >= 0.3 is 6.09 Å². The normalized spacial score (nSPS) is 22.8. The van der Waals surface area contributed by atoms with E-state index in [4.69, 9.17) is 9.84 Å². The van der Waals surface area contributed by atoms with Crippen LogP contribution < -0.4 is 19.7 Å². The van der Waals surface area contributed by atoms with Gasteiger partial charge in [-0.25, -0.2) is 26.4 Å². The molecule has 0 saturated heterocycles. The molecule has 1 heterocycles. The Morgan fingerprint density at radius 3 is 2.44 bits per heavy atom. The van der Waals surface area contributed by atoms with Crippen LogP contribution in [0.4, 0.5) is 29.3 Å². The van der Waals surface area contributed by atoms with Crippen LogP contribution in [0.1, 0.15) is 13.3 Å². The maximum absolute atomic E-state index is 13.5. The van der Waals surface area contributed by atoms with Gasteiger partial charge in [-0.15, -0.1) is 0 Å². The van der Waals surface area contributed by atoms with Crippen LogP contribution in [-0.2, 0) is 14.8 Å². The first kappa shape index (κ1) is 23.7. The summed E-state index contributed by atoms with van der Waals surface area (Å²) in [5.41, 5.74) is -1.74. The van der Waals surface area contributed by atoms with Gasteiger partial charge in [0.25, 0.3) is 15.9 Å². The number of sulfonamides is 1. The Bertz CT molecular complexity index is 1250. The van der Waals surface area contributed by atoms with Gasteiger partial charge in [0, 0.05) is 12.1 Å². The third-order valence-corrected chi connectivity index (χ3v) is 7.59. The summed E-state index contributed by atoms with van der Waals surface area (Å²) in [6.07, 6.45) is -2.89. The summed E-state index contributed by atoms with van der Waals surface area (Å²) in [4.78, 5) is 23.0. The Morgan fingerprint density at radius 2 is 1.85 bits per heavy atom. The molecule has 34 heavy (non-hydrogen) atoms. The molecule has 0 bridgehead atoms. The third-order valence-electron chi connectivity index (χ3n) is 5.79. The smallest absolute Gasteiger partial charge is 0.409 e. The fourth-order valence-electron chi connectivity index (χ4n) is 3.63. The first-order chi connectivity index (χ1) is 15.8. The number of carbonyl (C=O) groups is 2. The highest BCUT2D eigenvalue weighted by molar-refractivity contribution is 7.92. The van der Waals surface area contributed by atoms with Crippen LogP contribution in [0.15, 0.2) is 47.4 Å². The van der Waals surface area contributed by atoms with Crippen LogP contribution >= 0.6 is 0 Å². The number of rotatable bonds is 6. The molecular formula is C21H20F3N3O6S. The predicted octanol–water partition coefficient (Wildman–Crippen LogP) is 3.03. The number of ether oxygens (including phenoxy) is 1. The van der Waals surface area contributed by atoms with Crippen molar-refractivity contribution < 1.29 is 41.0 Å². The summed E-state index contributed by atoms with van der Waals surface area (Å²) >= 11 is 0. The zero-order valence-corrected chi connectivity index (χ0v) is 18.5. The fraction of sp³-hybridized carbons (Fsp3) is 0.333. The summed E-state index contributed by atoms with van der Waals surface area (Å²) in [5, 5.41) is 13.5. The maximum Gasteiger partial charge on any atom is 0.409 e. The molecule has 2 atom stereocenters. The molecule has 2 aliphatic rings. The molecule has 0 aromatic heterocycles. The van der Waals surface area contributed by atoms with E-state index in [1.54, 1.807) is 0 Å². The lowest BCUT2D eigenvalue weighted by Crippen LogP contribution is -2.49. The number of carboxylic acid groups (broad SMARTS) is 1. The quantitative estimate of drug-likeness (QED) is 0.561. The second kappa shape index (κ2) is 8.08. The number of hydrogen-bond donors (Lipinski definition) is 3. The summed E-state index contributed by atoms with van der Waals surface area (Å²) < 4.78 is 73.8. The van der Waals surface area contributed by atoms with Gasteiger partial charge < -0.3 is 15.2 Å². The largest absolute Gasteiger partial charge is 0.484 e. The molecule has 2 aromatic rings. The zero-order valence-electron chi connectivity index (χ0n) is 17.7. The molecule has 1 aliphatic heterocycles. The summed E-state index contributed by atoms with van der Waals surface area (Å²) in [6.45, 7) is 0.562. The van der Waals surface area contributed by atoms with Crippen molar-refractivity contribution in [3.8, 4) is 5.75 Å². The SMILES string of the molecule is CC1(C(=O)NC[C@H]2CN(S(=O)(=O)c3ccc(F)cc3)c3cc(NC(=O)O)ccc3O2)CC1(F)F. The lowest BCUT2D eigenvalue weighted by Gasteiger charge is -2.36. The highest BCUT2D eigenvalue weighted by Crippen LogP contribution is 2.60. The Morgan fingerprint density at radius 1 is 1.21 bits per heavy atom. The molecule has 1 saturated carbocycles. The first-order valence-electron chi connectivity index (χ1n) is 10.1. The van der Waals surface area contributed by atoms with E-state index in [2.05, 4.69) is 10.6 Å². The molecule has 1 unspecified atom stereocenters. The van der Waals surface area contributed by atoms with Crippen LogP contribution in [0.5, 0.6) is 5.75 Å². The van der Waals surface area contributed by atoms with E-state index in [9.17, 15) is 31.2 Å². The van der Waals surface area contributed by atoms with E-state index in [0.717, 1.165) is 35.5 Å². The number of nitrogens with one attached hydrogen (secondary N) is 2. The van der Waals surface area contributed by atoms with E-state index in [0.29, 0.717) is 0 Å². The lowest BCUT2D eigenvalue weighted by atomic mass is 10.1. The number of halogens is 3. The van der Waals surface area contributed by atoms with Gasteiger partial charge in [-0.2, -0.15) is 0 Å². The van der Waals surface area contributed by atoms with E-state index in [-0.39, 0.29) is 35.1 Å². The second-order valence-electron chi connectivity index (χ2n) is 8.27. The number of carbonyl (C=O) groups excluding carboxylic acids is 1. The molecule has 182 valence electrons. The average Bonchev–Trinajstić information content (AvgIpc) is 3.30. The van der Waals surface area contributed by atoms with Crippen molar-refractivity contribution in [2.24, 2.45) is 5.41 Å². The molecule has 2 amide bonds. The summed E-state index contributed by atoms with van der Waals surface area (Å²) in [6, 6.07) is 8.05. The number of fused-ring (bicyclic) bond motifs is 1. The minimum atomic E-state index is -4.26. The van der Waals surface area contributed by atoms with Crippen LogP contribution in [0, 0.1) is 11.2 Å².